The zero-order valence-corrected chi connectivity index (χ0v) is 16.4. The number of carbonyl (C=O) groups is 1. The highest BCUT2D eigenvalue weighted by atomic mass is 16.6. The van der Waals surface area contributed by atoms with Crippen LogP contribution in [0.1, 0.15) is 61.8 Å². The Balaban J connectivity index is 4.31. The van der Waals surface area contributed by atoms with Crippen LogP contribution in [-0.4, -0.2) is 43.3 Å². The van der Waals surface area contributed by atoms with Crippen LogP contribution >= 0.6 is 0 Å². The molecule has 6 heteroatoms. The third-order valence-corrected chi connectivity index (χ3v) is 2.93. The van der Waals surface area contributed by atoms with Crippen molar-refractivity contribution in [2.24, 2.45) is 10.4 Å². The van der Waals surface area contributed by atoms with E-state index in [1.54, 1.807) is 7.05 Å². The fraction of sp³-hybridized carbons (Fsp3) is 0.882. The molecule has 0 saturated heterocycles. The second kappa shape index (κ2) is 8.41. The van der Waals surface area contributed by atoms with Crippen LogP contribution in [0.2, 0.25) is 0 Å². The molecule has 0 aliphatic heterocycles. The molecule has 6 nitrogen and oxygen atoms in total. The van der Waals surface area contributed by atoms with Gasteiger partial charge in [0.1, 0.15) is 5.60 Å². The molecule has 0 heterocycles. The van der Waals surface area contributed by atoms with Crippen molar-refractivity contribution < 1.29 is 9.53 Å². The van der Waals surface area contributed by atoms with Crippen molar-refractivity contribution in [2.45, 2.75) is 73.0 Å². The predicted octanol–water partition coefficient (Wildman–Crippen LogP) is 2.89. The number of carbonyl (C=O) groups excluding carboxylic acids is 1. The summed E-state index contributed by atoms with van der Waals surface area (Å²) in [6.45, 7) is 17.4. The maximum Gasteiger partial charge on any atom is 0.408 e. The molecular formula is C17H36N4O2. The van der Waals surface area contributed by atoms with Gasteiger partial charge in [-0.2, -0.15) is 0 Å². The normalized spacial score (nSPS) is 13.5. The van der Waals surface area contributed by atoms with E-state index >= 15 is 0 Å². The van der Waals surface area contributed by atoms with Crippen molar-refractivity contribution in [3.05, 3.63) is 0 Å². The summed E-state index contributed by atoms with van der Waals surface area (Å²) in [7, 11) is 1.74. The van der Waals surface area contributed by atoms with Gasteiger partial charge in [0.2, 0.25) is 0 Å². The molecule has 0 aromatic rings. The van der Waals surface area contributed by atoms with Crippen LogP contribution in [-0.2, 0) is 4.74 Å². The van der Waals surface area contributed by atoms with E-state index in [4.69, 9.17) is 4.74 Å². The lowest BCUT2D eigenvalue weighted by molar-refractivity contribution is 0.0474. The molecule has 3 N–H and O–H groups in total. The first-order chi connectivity index (χ1) is 10.2. The Morgan fingerprint density at radius 1 is 1.00 bits per heavy atom. The zero-order chi connectivity index (χ0) is 18.3. The first-order valence-electron chi connectivity index (χ1n) is 8.20. The summed E-state index contributed by atoms with van der Waals surface area (Å²) in [6, 6.07) is 0. The van der Waals surface area contributed by atoms with Crippen LogP contribution in [0.15, 0.2) is 4.99 Å². The van der Waals surface area contributed by atoms with Gasteiger partial charge < -0.3 is 20.7 Å². The number of hydrogen-bond donors (Lipinski definition) is 3. The number of ether oxygens (including phenoxy) is 1. The Kier molecular flexibility index (Phi) is 7.87. The van der Waals surface area contributed by atoms with E-state index in [0.717, 1.165) is 18.9 Å². The minimum absolute atomic E-state index is 0.281. The first-order valence-corrected chi connectivity index (χ1v) is 8.20. The topological polar surface area (TPSA) is 74.8 Å². The number of aliphatic imine (C=N–C) groups is 1. The lowest BCUT2D eigenvalue weighted by Crippen LogP contribution is -2.54. The molecule has 0 aromatic heterocycles. The minimum Gasteiger partial charge on any atom is -0.444 e. The van der Waals surface area contributed by atoms with Crippen molar-refractivity contribution in [1.82, 2.24) is 16.0 Å². The van der Waals surface area contributed by atoms with Crippen LogP contribution in [0.25, 0.3) is 0 Å². The number of nitrogens with one attached hydrogen (secondary N) is 3. The summed E-state index contributed by atoms with van der Waals surface area (Å²) in [6.07, 6.45) is 0.632. The fourth-order valence-electron chi connectivity index (χ4n) is 1.71. The van der Waals surface area contributed by atoms with Crippen LogP contribution in [0.3, 0.4) is 0 Å². The Hall–Kier alpha value is -1.46. The largest absolute Gasteiger partial charge is 0.444 e. The summed E-state index contributed by atoms with van der Waals surface area (Å²) >= 11 is 0. The second-order valence-corrected chi connectivity index (χ2v) is 8.67. The summed E-state index contributed by atoms with van der Waals surface area (Å²) < 4.78 is 5.29. The number of alkyl carbamates (subject to hydrolysis) is 1. The molecule has 0 atom stereocenters. The van der Waals surface area contributed by atoms with Gasteiger partial charge in [-0.25, -0.2) is 4.79 Å². The number of nitrogens with zero attached hydrogens (tertiary/aromatic N) is 1. The number of rotatable bonds is 5. The summed E-state index contributed by atoms with van der Waals surface area (Å²) in [5, 5.41) is 9.38. The quantitative estimate of drug-likeness (QED) is 0.536. The fourth-order valence-corrected chi connectivity index (χ4v) is 1.71. The van der Waals surface area contributed by atoms with Crippen LogP contribution in [0.4, 0.5) is 4.79 Å². The van der Waals surface area contributed by atoms with Crippen molar-refractivity contribution >= 4 is 12.1 Å². The van der Waals surface area contributed by atoms with Gasteiger partial charge in [0.15, 0.2) is 5.96 Å². The number of hydrogen-bond acceptors (Lipinski definition) is 3. The highest BCUT2D eigenvalue weighted by Crippen LogP contribution is 2.16. The zero-order valence-electron chi connectivity index (χ0n) is 16.4. The van der Waals surface area contributed by atoms with Crippen molar-refractivity contribution in [1.29, 1.82) is 0 Å². The van der Waals surface area contributed by atoms with Gasteiger partial charge in [-0.05, 0) is 46.5 Å². The Morgan fingerprint density at radius 2 is 1.57 bits per heavy atom. The molecule has 1 amide bonds. The van der Waals surface area contributed by atoms with Crippen LogP contribution < -0.4 is 16.0 Å². The van der Waals surface area contributed by atoms with E-state index < -0.39 is 17.2 Å². The highest BCUT2D eigenvalue weighted by molar-refractivity contribution is 5.79. The molecule has 0 fully saturated rings. The van der Waals surface area contributed by atoms with Crippen molar-refractivity contribution in [3.8, 4) is 0 Å². The Labute approximate surface area is 141 Å². The van der Waals surface area contributed by atoms with Crippen LogP contribution in [0, 0.1) is 5.41 Å². The number of guanidine groups is 1. The Bertz CT molecular complexity index is 404. The van der Waals surface area contributed by atoms with E-state index in [1.165, 1.54) is 0 Å². The monoisotopic (exact) mass is 328 g/mol. The van der Waals surface area contributed by atoms with Gasteiger partial charge in [-0.1, -0.05) is 20.8 Å². The van der Waals surface area contributed by atoms with E-state index in [9.17, 15) is 4.79 Å². The molecule has 0 radical (unpaired) electrons. The molecule has 0 unspecified atom stereocenters. The maximum atomic E-state index is 11.9. The molecule has 0 aliphatic carbocycles. The predicted molar refractivity (Wildman–Crippen MR) is 96.9 cm³/mol. The summed E-state index contributed by atoms with van der Waals surface area (Å²) in [5.41, 5.74) is -0.675. The van der Waals surface area contributed by atoms with E-state index in [0.29, 0.717) is 6.54 Å². The smallest absolute Gasteiger partial charge is 0.408 e. The molecule has 0 rings (SSSR count). The number of amides is 1. The average Bonchev–Trinajstić information content (AvgIpc) is 2.28. The van der Waals surface area contributed by atoms with Crippen LogP contribution in [0.5, 0.6) is 0 Å². The molecular weight excluding hydrogens is 292 g/mol. The van der Waals surface area contributed by atoms with E-state index in [1.807, 2.05) is 34.6 Å². The van der Waals surface area contributed by atoms with Gasteiger partial charge in [0.25, 0.3) is 0 Å². The average molecular weight is 329 g/mol. The van der Waals surface area contributed by atoms with Gasteiger partial charge in [-0.3, -0.25) is 4.99 Å². The molecule has 0 aromatic carbocycles. The van der Waals surface area contributed by atoms with Crippen molar-refractivity contribution in [3.63, 3.8) is 0 Å². The molecule has 0 saturated carbocycles. The summed E-state index contributed by atoms with van der Waals surface area (Å²) in [5.74, 6) is 0.730. The molecule has 136 valence electrons. The van der Waals surface area contributed by atoms with E-state index in [-0.39, 0.29) is 5.41 Å². The molecule has 0 spiro atoms. The van der Waals surface area contributed by atoms with Gasteiger partial charge in [-0.15, -0.1) is 0 Å². The second-order valence-electron chi connectivity index (χ2n) is 8.67. The Morgan fingerprint density at radius 3 is 2.00 bits per heavy atom. The third-order valence-electron chi connectivity index (χ3n) is 2.93. The lowest BCUT2D eigenvalue weighted by Gasteiger charge is -2.29. The summed E-state index contributed by atoms with van der Waals surface area (Å²) in [4.78, 5) is 16.1. The van der Waals surface area contributed by atoms with Crippen molar-refractivity contribution in [2.75, 3.05) is 20.1 Å². The van der Waals surface area contributed by atoms with Gasteiger partial charge in [0, 0.05) is 20.1 Å². The third kappa shape index (κ3) is 12.7. The highest BCUT2D eigenvalue weighted by Gasteiger charge is 2.24. The minimum atomic E-state index is -0.502. The van der Waals surface area contributed by atoms with Gasteiger partial charge in [0.05, 0.1) is 5.54 Å². The van der Waals surface area contributed by atoms with Gasteiger partial charge >= 0.3 is 6.09 Å². The maximum absolute atomic E-state index is 11.9. The molecule has 23 heavy (non-hydrogen) atoms. The standard InChI is InChI=1S/C17H36N4O2/c1-15(2,3)10-11-19-13(18-9)20-12-17(7,8)21-14(22)23-16(4,5)6/h10-12H2,1-9H3,(H,21,22)(H2,18,19,20). The lowest BCUT2D eigenvalue weighted by atomic mass is 9.92. The molecule has 0 bridgehead atoms. The SMILES string of the molecule is CN=C(NCCC(C)(C)C)NCC(C)(C)NC(=O)OC(C)(C)C. The molecule has 0 aliphatic rings. The first kappa shape index (κ1) is 21.5. The van der Waals surface area contributed by atoms with E-state index in [2.05, 4.69) is 41.7 Å².